The molecule has 0 bridgehead atoms. The molecular formula is C12H11ClN2O3. The summed E-state index contributed by atoms with van der Waals surface area (Å²) < 4.78 is 10.7. The maximum Gasteiger partial charge on any atom is 0.273 e. The number of methoxy groups -OCH3 is 1. The number of ether oxygens (including phenoxy) is 2. The Morgan fingerprint density at radius 3 is 2.83 bits per heavy atom. The Kier molecular flexibility index (Phi) is 3.53. The first kappa shape index (κ1) is 12.4. The van der Waals surface area contributed by atoms with Gasteiger partial charge in [-0.1, -0.05) is 17.7 Å². The molecule has 18 heavy (non-hydrogen) atoms. The molecule has 0 unspecified atom stereocenters. The first-order valence-electron chi connectivity index (χ1n) is 5.17. The fourth-order valence-corrected chi connectivity index (χ4v) is 1.54. The Balaban J connectivity index is 2.40. The molecule has 0 atom stereocenters. The van der Waals surface area contributed by atoms with Gasteiger partial charge in [0, 0.05) is 0 Å². The number of nitrogens with zero attached hydrogens (tertiary/aromatic N) is 1. The second kappa shape index (κ2) is 5.10. The number of nitrogens with one attached hydrogen (secondary N) is 1. The van der Waals surface area contributed by atoms with Crippen LogP contribution in [0.3, 0.4) is 0 Å². The van der Waals surface area contributed by atoms with Crippen molar-refractivity contribution in [2.75, 3.05) is 7.11 Å². The zero-order valence-electron chi connectivity index (χ0n) is 9.86. The first-order valence-corrected chi connectivity index (χ1v) is 5.55. The van der Waals surface area contributed by atoms with E-state index in [0.717, 1.165) is 5.56 Å². The molecule has 1 aromatic heterocycles. The van der Waals surface area contributed by atoms with E-state index in [1.807, 2.05) is 19.1 Å². The molecule has 0 radical (unpaired) electrons. The third-order valence-corrected chi connectivity index (χ3v) is 2.62. The molecule has 1 N–H and O–H groups in total. The van der Waals surface area contributed by atoms with E-state index in [1.54, 1.807) is 6.07 Å². The van der Waals surface area contributed by atoms with Crippen molar-refractivity contribution in [3.63, 3.8) is 0 Å². The fraction of sp³-hybridized carbons (Fsp3) is 0.167. The Morgan fingerprint density at radius 1 is 1.33 bits per heavy atom. The quantitative estimate of drug-likeness (QED) is 0.927. The first-order chi connectivity index (χ1) is 8.61. The van der Waals surface area contributed by atoms with Crippen LogP contribution in [0.4, 0.5) is 0 Å². The number of aryl methyl sites for hydroxylation is 1. The van der Waals surface area contributed by atoms with Crippen LogP contribution in [0.1, 0.15) is 5.56 Å². The normalized spacial score (nSPS) is 10.2. The standard InChI is InChI=1S/C12H11ClN2O3/c1-7-3-4-8(9(5-7)17-2)18-12-10(13)11(16)14-6-15-12/h3-6H,1-2H3,(H,14,15,16). The highest BCUT2D eigenvalue weighted by Crippen LogP contribution is 2.32. The summed E-state index contributed by atoms with van der Waals surface area (Å²) in [6.07, 6.45) is 1.23. The summed E-state index contributed by atoms with van der Waals surface area (Å²) in [5.74, 6) is 1.04. The van der Waals surface area contributed by atoms with Gasteiger partial charge in [0.2, 0.25) is 5.88 Å². The van der Waals surface area contributed by atoms with Crippen molar-refractivity contribution in [2.45, 2.75) is 6.92 Å². The van der Waals surface area contributed by atoms with E-state index in [0.29, 0.717) is 11.5 Å². The number of benzene rings is 1. The van der Waals surface area contributed by atoms with Crippen LogP contribution in [-0.2, 0) is 0 Å². The van der Waals surface area contributed by atoms with Gasteiger partial charge in [-0.2, -0.15) is 0 Å². The molecule has 0 aliphatic carbocycles. The summed E-state index contributed by atoms with van der Waals surface area (Å²) in [5, 5.41) is -0.0971. The zero-order valence-corrected chi connectivity index (χ0v) is 10.6. The average Bonchev–Trinajstić information content (AvgIpc) is 2.37. The van der Waals surface area contributed by atoms with Crippen LogP contribution in [0.2, 0.25) is 5.02 Å². The lowest BCUT2D eigenvalue weighted by molar-refractivity contribution is 0.373. The van der Waals surface area contributed by atoms with Gasteiger partial charge in [0.1, 0.15) is 0 Å². The van der Waals surface area contributed by atoms with Crippen LogP contribution in [0.15, 0.2) is 29.3 Å². The van der Waals surface area contributed by atoms with E-state index in [2.05, 4.69) is 9.97 Å². The summed E-state index contributed by atoms with van der Waals surface area (Å²) in [5.41, 5.74) is 0.580. The minimum atomic E-state index is -0.451. The van der Waals surface area contributed by atoms with Crippen molar-refractivity contribution >= 4 is 11.6 Å². The molecule has 94 valence electrons. The van der Waals surface area contributed by atoms with Gasteiger partial charge in [0.25, 0.3) is 5.56 Å². The second-order valence-electron chi connectivity index (χ2n) is 3.61. The van der Waals surface area contributed by atoms with Gasteiger partial charge in [-0.05, 0) is 24.6 Å². The highest BCUT2D eigenvalue weighted by molar-refractivity contribution is 6.31. The van der Waals surface area contributed by atoms with E-state index in [4.69, 9.17) is 21.1 Å². The van der Waals surface area contributed by atoms with E-state index >= 15 is 0 Å². The van der Waals surface area contributed by atoms with Gasteiger partial charge in [-0.3, -0.25) is 4.79 Å². The van der Waals surface area contributed by atoms with Crippen LogP contribution in [-0.4, -0.2) is 17.1 Å². The van der Waals surface area contributed by atoms with Crippen LogP contribution in [0.25, 0.3) is 0 Å². The molecule has 2 rings (SSSR count). The van der Waals surface area contributed by atoms with E-state index in [-0.39, 0.29) is 10.9 Å². The maximum atomic E-state index is 11.3. The maximum absolute atomic E-state index is 11.3. The second-order valence-corrected chi connectivity index (χ2v) is 3.99. The number of H-pyrrole nitrogens is 1. The van der Waals surface area contributed by atoms with Crippen molar-refractivity contribution in [3.8, 4) is 17.4 Å². The Bertz CT molecular complexity index is 625. The third-order valence-electron chi connectivity index (χ3n) is 2.29. The lowest BCUT2D eigenvalue weighted by Gasteiger charge is -2.10. The number of halogens is 1. The molecule has 0 saturated heterocycles. The molecule has 1 heterocycles. The highest BCUT2D eigenvalue weighted by atomic mass is 35.5. The summed E-state index contributed by atoms with van der Waals surface area (Å²) in [6, 6.07) is 5.41. The van der Waals surface area contributed by atoms with E-state index in [9.17, 15) is 4.79 Å². The van der Waals surface area contributed by atoms with Crippen molar-refractivity contribution in [3.05, 3.63) is 45.5 Å². The number of hydrogen-bond donors (Lipinski definition) is 1. The van der Waals surface area contributed by atoms with Gasteiger partial charge in [0.15, 0.2) is 16.5 Å². The van der Waals surface area contributed by atoms with Crippen LogP contribution in [0, 0.1) is 6.92 Å². The predicted octanol–water partition coefficient (Wildman–Crippen LogP) is 2.53. The summed E-state index contributed by atoms with van der Waals surface area (Å²) >= 11 is 5.80. The zero-order chi connectivity index (χ0) is 13.1. The number of hydrogen-bond acceptors (Lipinski definition) is 4. The molecule has 1 aromatic carbocycles. The van der Waals surface area contributed by atoms with Crippen molar-refractivity contribution in [1.29, 1.82) is 0 Å². The summed E-state index contributed by atoms with van der Waals surface area (Å²) in [7, 11) is 1.54. The van der Waals surface area contributed by atoms with Crippen molar-refractivity contribution in [2.24, 2.45) is 0 Å². The molecular weight excluding hydrogens is 256 g/mol. The fourth-order valence-electron chi connectivity index (χ4n) is 1.40. The lowest BCUT2D eigenvalue weighted by Crippen LogP contribution is -2.08. The number of aromatic amines is 1. The SMILES string of the molecule is COc1cc(C)ccc1Oc1nc[nH]c(=O)c1Cl. The summed E-state index contributed by atoms with van der Waals surface area (Å²) in [6.45, 7) is 1.94. The molecule has 0 fully saturated rings. The molecule has 2 aromatic rings. The minimum absolute atomic E-state index is 0.0440. The molecule has 0 aliphatic heterocycles. The summed E-state index contributed by atoms with van der Waals surface area (Å²) in [4.78, 5) is 17.5. The largest absolute Gasteiger partial charge is 0.493 e. The van der Waals surface area contributed by atoms with Crippen molar-refractivity contribution < 1.29 is 9.47 Å². The average molecular weight is 267 g/mol. The number of aromatic nitrogens is 2. The molecule has 5 nitrogen and oxygen atoms in total. The molecule has 0 aliphatic rings. The Morgan fingerprint density at radius 2 is 2.11 bits per heavy atom. The van der Waals surface area contributed by atoms with Gasteiger partial charge in [-0.25, -0.2) is 4.98 Å². The molecule has 0 saturated carbocycles. The minimum Gasteiger partial charge on any atom is -0.493 e. The Labute approximate surface area is 108 Å². The molecule has 0 amide bonds. The van der Waals surface area contributed by atoms with Gasteiger partial charge < -0.3 is 14.5 Å². The topological polar surface area (TPSA) is 64.2 Å². The Hall–Kier alpha value is -2.01. The smallest absolute Gasteiger partial charge is 0.273 e. The van der Waals surface area contributed by atoms with E-state index in [1.165, 1.54) is 13.4 Å². The van der Waals surface area contributed by atoms with Crippen LogP contribution in [0.5, 0.6) is 17.4 Å². The van der Waals surface area contributed by atoms with E-state index < -0.39 is 5.56 Å². The third kappa shape index (κ3) is 2.46. The van der Waals surface area contributed by atoms with Gasteiger partial charge in [0.05, 0.1) is 13.4 Å². The lowest BCUT2D eigenvalue weighted by atomic mass is 10.2. The van der Waals surface area contributed by atoms with Crippen molar-refractivity contribution in [1.82, 2.24) is 9.97 Å². The molecule has 0 spiro atoms. The highest BCUT2D eigenvalue weighted by Gasteiger charge is 2.11. The number of rotatable bonds is 3. The van der Waals surface area contributed by atoms with Gasteiger partial charge in [-0.15, -0.1) is 0 Å². The van der Waals surface area contributed by atoms with Crippen LogP contribution >= 0.6 is 11.6 Å². The monoisotopic (exact) mass is 266 g/mol. The molecule has 6 heteroatoms. The predicted molar refractivity (Wildman–Crippen MR) is 67.7 cm³/mol. The van der Waals surface area contributed by atoms with Gasteiger partial charge >= 0.3 is 0 Å². The van der Waals surface area contributed by atoms with Crippen LogP contribution < -0.4 is 15.0 Å².